The summed E-state index contributed by atoms with van der Waals surface area (Å²) in [4.78, 5) is 4.27. The van der Waals surface area contributed by atoms with Crippen LogP contribution in [-0.4, -0.2) is 12.1 Å². The zero-order valence-corrected chi connectivity index (χ0v) is 10.4. The second-order valence-electron chi connectivity index (χ2n) is 3.32. The van der Waals surface area contributed by atoms with Gasteiger partial charge >= 0.3 is 0 Å². The highest BCUT2D eigenvalue weighted by Crippen LogP contribution is 2.26. The zero-order chi connectivity index (χ0) is 11.5. The van der Waals surface area contributed by atoms with Crippen molar-refractivity contribution in [2.24, 2.45) is 0 Å². The lowest BCUT2D eigenvalue weighted by Gasteiger charge is -2.05. The second kappa shape index (κ2) is 4.53. The number of rotatable bonds is 2. The van der Waals surface area contributed by atoms with Gasteiger partial charge in [-0.2, -0.15) is 0 Å². The van der Waals surface area contributed by atoms with E-state index in [2.05, 4.69) is 20.9 Å². The normalized spacial score (nSPS) is 10.1. The van der Waals surface area contributed by atoms with Gasteiger partial charge in [0.1, 0.15) is 5.75 Å². The molecule has 0 fully saturated rings. The maximum Gasteiger partial charge on any atom is 0.119 e. The van der Waals surface area contributed by atoms with Crippen LogP contribution >= 0.6 is 15.9 Å². The van der Waals surface area contributed by atoms with Crippen molar-refractivity contribution in [3.63, 3.8) is 0 Å². The van der Waals surface area contributed by atoms with Crippen LogP contribution in [-0.2, 0) is 0 Å². The van der Waals surface area contributed by atoms with Crippen molar-refractivity contribution in [3.8, 4) is 17.0 Å². The first kappa shape index (κ1) is 11.0. The van der Waals surface area contributed by atoms with Crippen molar-refractivity contribution in [1.82, 2.24) is 4.98 Å². The lowest BCUT2D eigenvalue weighted by molar-refractivity contribution is 0.415. The number of aromatic nitrogens is 1. The van der Waals surface area contributed by atoms with Gasteiger partial charge in [0.05, 0.1) is 24.7 Å². The summed E-state index contributed by atoms with van der Waals surface area (Å²) in [6.07, 6.45) is 1.64. The Morgan fingerprint density at radius 2 is 2.12 bits per heavy atom. The van der Waals surface area contributed by atoms with Crippen LogP contribution in [0.4, 0.5) is 5.69 Å². The number of hydrogen-bond acceptors (Lipinski definition) is 3. The molecule has 2 aromatic rings. The summed E-state index contributed by atoms with van der Waals surface area (Å²) in [5.41, 5.74) is 8.18. The number of benzene rings is 1. The van der Waals surface area contributed by atoms with Crippen molar-refractivity contribution in [2.75, 3.05) is 12.8 Å². The van der Waals surface area contributed by atoms with E-state index in [1.807, 2.05) is 30.3 Å². The van der Waals surface area contributed by atoms with Crippen LogP contribution in [0.15, 0.2) is 41.0 Å². The lowest BCUT2D eigenvalue weighted by Crippen LogP contribution is -1.91. The van der Waals surface area contributed by atoms with Gasteiger partial charge in [0.15, 0.2) is 0 Å². The summed E-state index contributed by atoms with van der Waals surface area (Å²) < 4.78 is 6.01. The van der Waals surface area contributed by atoms with Crippen LogP contribution < -0.4 is 10.5 Å². The molecule has 0 radical (unpaired) electrons. The fraction of sp³-hybridized carbons (Fsp3) is 0.0833. The van der Waals surface area contributed by atoms with Gasteiger partial charge in [0, 0.05) is 10.0 Å². The van der Waals surface area contributed by atoms with Gasteiger partial charge in [0.2, 0.25) is 0 Å². The number of anilines is 1. The molecule has 2 N–H and O–H groups in total. The highest BCUT2D eigenvalue weighted by molar-refractivity contribution is 9.10. The van der Waals surface area contributed by atoms with E-state index in [9.17, 15) is 0 Å². The Balaban J connectivity index is 2.46. The van der Waals surface area contributed by atoms with Crippen LogP contribution in [0.3, 0.4) is 0 Å². The predicted molar refractivity (Wildman–Crippen MR) is 68.3 cm³/mol. The molecule has 0 amide bonds. The third-order valence-corrected chi connectivity index (χ3v) is 2.93. The van der Waals surface area contributed by atoms with E-state index in [1.54, 1.807) is 13.3 Å². The first-order valence-corrected chi connectivity index (χ1v) is 5.55. The van der Waals surface area contributed by atoms with Gasteiger partial charge in [0.25, 0.3) is 0 Å². The molecule has 0 saturated heterocycles. The highest BCUT2D eigenvalue weighted by atomic mass is 79.9. The SMILES string of the molecule is COc1cccc(-c2cc(Br)c(N)cn2)c1. The van der Waals surface area contributed by atoms with Crippen LogP contribution in [0.5, 0.6) is 5.75 Å². The van der Waals surface area contributed by atoms with E-state index in [1.165, 1.54) is 0 Å². The molecule has 1 heterocycles. The Hall–Kier alpha value is -1.55. The molecule has 0 saturated carbocycles. The molecule has 0 spiro atoms. The average Bonchev–Trinajstić information content (AvgIpc) is 2.33. The van der Waals surface area contributed by atoms with E-state index in [0.717, 1.165) is 21.5 Å². The Kier molecular flexibility index (Phi) is 3.10. The highest BCUT2D eigenvalue weighted by Gasteiger charge is 2.03. The quantitative estimate of drug-likeness (QED) is 0.918. The van der Waals surface area contributed by atoms with Crippen molar-refractivity contribution in [3.05, 3.63) is 41.0 Å². The molecule has 0 aliphatic carbocycles. The molecule has 16 heavy (non-hydrogen) atoms. The Morgan fingerprint density at radius 1 is 1.31 bits per heavy atom. The molecule has 0 atom stereocenters. The second-order valence-corrected chi connectivity index (χ2v) is 4.18. The fourth-order valence-electron chi connectivity index (χ4n) is 1.38. The molecule has 0 aliphatic rings. The van der Waals surface area contributed by atoms with Crippen molar-refractivity contribution < 1.29 is 4.74 Å². The maximum atomic E-state index is 5.69. The number of nitrogens with zero attached hydrogens (tertiary/aromatic N) is 1. The molecular formula is C12H11BrN2O. The average molecular weight is 279 g/mol. The van der Waals surface area contributed by atoms with Gasteiger partial charge in [-0.15, -0.1) is 0 Å². The first-order valence-electron chi connectivity index (χ1n) is 4.76. The topological polar surface area (TPSA) is 48.1 Å². The minimum absolute atomic E-state index is 0.631. The van der Waals surface area contributed by atoms with Crippen molar-refractivity contribution >= 4 is 21.6 Å². The third-order valence-electron chi connectivity index (χ3n) is 2.25. The number of nitrogens with two attached hydrogens (primary N) is 1. The zero-order valence-electron chi connectivity index (χ0n) is 8.77. The molecule has 1 aromatic carbocycles. The molecule has 4 heteroatoms. The summed E-state index contributed by atoms with van der Waals surface area (Å²) >= 11 is 3.38. The number of hydrogen-bond donors (Lipinski definition) is 1. The van der Waals surface area contributed by atoms with E-state index < -0.39 is 0 Å². The molecule has 0 aliphatic heterocycles. The van der Waals surface area contributed by atoms with Crippen LogP contribution in [0, 0.1) is 0 Å². The number of ether oxygens (including phenoxy) is 1. The largest absolute Gasteiger partial charge is 0.497 e. The summed E-state index contributed by atoms with van der Waals surface area (Å²) in [6, 6.07) is 9.64. The van der Waals surface area contributed by atoms with E-state index >= 15 is 0 Å². The number of halogens is 1. The van der Waals surface area contributed by atoms with E-state index in [-0.39, 0.29) is 0 Å². The van der Waals surface area contributed by atoms with Crippen molar-refractivity contribution in [1.29, 1.82) is 0 Å². The van der Waals surface area contributed by atoms with Crippen LogP contribution in [0.25, 0.3) is 11.3 Å². The van der Waals surface area contributed by atoms with Crippen LogP contribution in [0.1, 0.15) is 0 Å². The van der Waals surface area contributed by atoms with E-state index in [0.29, 0.717) is 5.69 Å². The smallest absolute Gasteiger partial charge is 0.119 e. The molecule has 3 nitrogen and oxygen atoms in total. The van der Waals surface area contributed by atoms with Gasteiger partial charge < -0.3 is 10.5 Å². The summed E-state index contributed by atoms with van der Waals surface area (Å²) in [6.45, 7) is 0. The van der Waals surface area contributed by atoms with Crippen molar-refractivity contribution in [2.45, 2.75) is 0 Å². The van der Waals surface area contributed by atoms with Gasteiger partial charge in [-0.1, -0.05) is 12.1 Å². The lowest BCUT2D eigenvalue weighted by atomic mass is 10.1. The molecule has 0 unspecified atom stereocenters. The first-order chi connectivity index (χ1) is 7.70. The Morgan fingerprint density at radius 3 is 2.81 bits per heavy atom. The predicted octanol–water partition coefficient (Wildman–Crippen LogP) is 3.10. The maximum absolute atomic E-state index is 5.69. The number of nitrogen functional groups attached to an aromatic ring is 1. The Bertz CT molecular complexity index is 514. The Labute approximate surface area is 102 Å². The summed E-state index contributed by atoms with van der Waals surface area (Å²) in [5.74, 6) is 0.812. The monoisotopic (exact) mass is 278 g/mol. The van der Waals surface area contributed by atoms with Crippen LogP contribution in [0.2, 0.25) is 0 Å². The van der Waals surface area contributed by atoms with Gasteiger partial charge in [-0.3, -0.25) is 4.98 Å². The molecule has 2 rings (SSSR count). The number of methoxy groups -OCH3 is 1. The van der Waals surface area contributed by atoms with E-state index in [4.69, 9.17) is 10.5 Å². The summed E-state index contributed by atoms with van der Waals surface area (Å²) in [7, 11) is 1.64. The third kappa shape index (κ3) is 2.17. The minimum Gasteiger partial charge on any atom is -0.497 e. The fourth-order valence-corrected chi connectivity index (χ4v) is 1.70. The molecular weight excluding hydrogens is 268 g/mol. The van der Waals surface area contributed by atoms with Gasteiger partial charge in [-0.25, -0.2) is 0 Å². The molecule has 0 bridgehead atoms. The standard InChI is InChI=1S/C12H11BrN2O/c1-16-9-4-2-3-8(5-9)12-6-10(13)11(14)7-15-12/h2-7H,14H2,1H3. The minimum atomic E-state index is 0.631. The molecule has 82 valence electrons. The number of pyridine rings is 1. The molecule has 1 aromatic heterocycles. The van der Waals surface area contributed by atoms with Gasteiger partial charge in [-0.05, 0) is 34.1 Å². The summed E-state index contributed by atoms with van der Waals surface area (Å²) in [5, 5.41) is 0.